The molecule has 0 saturated carbocycles. The Hall–Kier alpha value is -0.521. The van der Waals surface area contributed by atoms with E-state index in [1.807, 2.05) is 4.94 Å². The first-order chi connectivity index (χ1) is 3.68. The Bertz CT molecular complexity index is 158. The summed E-state index contributed by atoms with van der Waals surface area (Å²) in [5.74, 6) is 0. The van der Waals surface area contributed by atoms with E-state index in [0.29, 0.717) is 0 Å². The van der Waals surface area contributed by atoms with E-state index in [0.717, 1.165) is 0 Å². The first kappa shape index (κ1) is 7.48. The van der Waals surface area contributed by atoms with Gasteiger partial charge >= 0.3 is 54.4 Å². The van der Waals surface area contributed by atoms with Gasteiger partial charge in [0, 0.05) is 0 Å². The van der Waals surface area contributed by atoms with E-state index in [9.17, 15) is 0 Å². The van der Waals surface area contributed by atoms with E-state index in [4.69, 9.17) is 19.3 Å². The van der Waals surface area contributed by atoms with Crippen LogP contribution in [0.2, 0.25) is 4.94 Å². The van der Waals surface area contributed by atoms with E-state index in [-0.39, 0.29) is 0 Å². The quantitative estimate of drug-likeness (QED) is 0.404. The predicted molar refractivity (Wildman–Crippen MR) is 38.1 cm³/mol. The molecule has 0 atom stereocenters. The molecule has 0 nitrogen and oxygen atoms in total. The Balaban J connectivity index is 4.42. The van der Waals surface area contributed by atoms with Gasteiger partial charge < -0.3 is 0 Å². The van der Waals surface area contributed by atoms with E-state index >= 15 is 0 Å². The third-order valence-electron chi connectivity index (χ3n) is 0.866. The molecule has 0 saturated heterocycles. The van der Waals surface area contributed by atoms with E-state index in [1.54, 1.807) is 0 Å². The van der Waals surface area contributed by atoms with Crippen LogP contribution in [0, 0.1) is 31.1 Å². The first-order valence-electron chi connectivity index (χ1n) is 2.12. The van der Waals surface area contributed by atoms with Crippen LogP contribution in [0.5, 0.6) is 0 Å². The molecule has 0 unspecified atom stereocenters. The molecule has 0 aliphatic heterocycles. The maximum atomic E-state index is 5.09. The Kier molecular flexibility index (Phi) is 2.53. The molecule has 0 aliphatic carbocycles. The fourth-order valence-corrected chi connectivity index (χ4v) is 0.839. The van der Waals surface area contributed by atoms with Gasteiger partial charge in [0.25, 0.3) is 0 Å². The van der Waals surface area contributed by atoms with Crippen LogP contribution in [-0.2, 0) is 0 Å². The molecule has 0 aromatic carbocycles. The molecular weight excluding hydrogens is 203 g/mol. The van der Waals surface area contributed by atoms with Crippen LogP contribution in [0.15, 0.2) is 0 Å². The van der Waals surface area contributed by atoms with Crippen LogP contribution in [0.1, 0.15) is 0 Å². The van der Waals surface area contributed by atoms with Gasteiger partial charge in [-0.05, 0) is 0 Å². The summed E-state index contributed by atoms with van der Waals surface area (Å²) in [5, 5.41) is 0. The molecule has 0 aromatic heterocycles. The SMILES string of the molecule is C#[C][Sn]([CH3])([C]#C)[C]#C. The Morgan fingerprint density at radius 1 is 1.00 bits per heavy atom. The molecule has 0 N–H and O–H groups in total. The zero-order valence-corrected chi connectivity index (χ0v) is 7.59. The monoisotopic (exact) mass is 210 g/mol. The van der Waals surface area contributed by atoms with Gasteiger partial charge in [0.15, 0.2) is 0 Å². The average Bonchev–Trinajstić information content (AvgIpc) is 1.87. The Morgan fingerprint density at radius 2 is 1.25 bits per heavy atom. The summed E-state index contributed by atoms with van der Waals surface area (Å²) in [4.78, 5) is 1.86. The fourth-order valence-electron chi connectivity index (χ4n) is 0.125. The number of hydrogen-bond acceptors (Lipinski definition) is 0. The Labute approximate surface area is 54.5 Å². The van der Waals surface area contributed by atoms with Gasteiger partial charge in [-0.15, -0.1) is 0 Å². The summed E-state index contributed by atoms with van der Waals surface area (Å²) in [7, 11) is 0. The topological polar surface area (TPSA) is 0 Å². The van der Waals surface area contributed by atoms with Crippen molar-refractivity contribution in [3.63, 3.8) is 0 Å². The van der Waals surface area contributed by atoms with Crippen LogP contribution in [0.4, 0.5) is 0 Å². The zero-order chi connectivity index (χ0) is 6.62. The number of hydrogen-bond donors (Lipinski definition) is 0. The summed E-state index contributed by atoms with van der Waals surface area (Å²) < 4.78 is 7.55. The molecule has 38 valence electrons. The van der Waals surface area contributed by atoms with Gasteiger partial charge in [-0.25, -0.2) is 0 Å². The molecule has 0 aliphatic rings. The standard InChI is InChI=1S/3C2H.CH3.Sn/c3*1-2;;/h3*1H;1H3;. The van der Waals surface area contributed by atoms with Crippen molar-refractivity contribution >= 4 is 18.4 Å². The second-order valence-corrected chi connectivity index (χ2v) is 10.5. The molecule has 0 heterocycles. The second-order valence-electron chi connectivity index (χ2n) is 1.56. The third kappa shape index (κ3) is 1.53. The van der Waals surface area contributed by atoms with Crippen molar-refractivity contribution < 1.29 is 0 Å². The van der Waals surface area contributed by atoms with Crippen LogP contribution in [0.3, 0.4) is 0 Å². The van der Waals surface area contributed by atoms with E-state index in [1.165, 1.54) is 0 Å². The summed E-state index contributed by atoms with van der Waals surface area (Å²) in [6.45, 7) is 0. The number of rotatable bonds is 0. The molecule has 0 bridgehead atoms. The number of terminal acetylenes is 3. The van der Waals surface area contributed by atoms with E-state index < -0.39 is 18.4 Å². The third-order valence-corrected chi connectivity index (χ3v) is 5.81. The van der Waals surface area contributed by atoms with Gasteiger partial charge in [0.05, 0.1) is 0 Å². The van der Waals surface area contributed by atoms with Gasteiger partial charge in [-0.1, -0.05) is 0 Å². The molecule has 0 spiro atoms. The van der Waals surface area contributed by atoms with Crippen molar-refractivity contribution in [1.82, 2.24) is 0 Å². The minimum atomic E-state index is -2.75. The molecule has 0 rings (SSSR count). The van der Waals surface area contributed by atoms with Crippen molar-refractivity contribution in [2.75, 3.05) is 0 Å². The van der Waals surface area contributed by atoms with Crippen molar-refractivity contribution in [3.8, 4) is 31.1 Å². The van der Waals surface area contributed by atoms with Crippen molar-refractivity contribution in [2.45, 2.75) is 4.94 Å². The van der Waals surface area contributed by atoms with Crippen molar-refractivity contribution in [2.24, 2.45) is 0 Å². The normalized spacial score (nSPS) is 8.25. The first-order valence-corrected chi connectivity index (χ1v) is 9.25. The maximum absolute atomic E-state index is 5.09. The molecule has 8 heavy (non-hydrogen) atoms. The molecule has 0 fully saturated rings. The second kappa shape index (κ2) is 2.71. The molecule has 1 heteroatoms. The van der Waals surface area contributed by atoms with Crippen LogP contribution in [0.25, 0.3) is 0 Å². The van der Waals surface area contributed by atoms with Gasteiger partial charge in [-0.3, -0.25) is 0 Å². The molecule has 0 radical (unpaired) electrons. The summed E-state index contributed by atoms with van der Waals surface area (Å²) in [6.07, 6.45) is 15.3. The van der Waals surface area contributed by atoms with Crippen LogP contribution < -0.4 is 0 Å². The molecule has 0 amide bonds. The van der Waals surface area contributed by atoms with Crippen LogP contribution in [-0.4, -0.2) is 18.4 Å². The summed E-state index contributed by atoms with van der Waals surface area (Å²) in [5.41, 5.74) is 0. The fraction of sp³-hybridized carbons (Fsp3) is 0.143. The van der Waals surface area contributed by atoms with Crippen molar-refractivity contribution in [1.29, 1.82) is 0 Å². The summed E-state index contributed by atoms with van der Waals surface area (Å²) in [6, 6.07) is 0. The average molecular weight is 209 g/mol. The van der Waals surface area contributed by atoms with Gasteiger partial charge in [0.1, 0.15) is 0 Å². The zero-order valence-electron chi connectivity index (χ0n) is 4.73. The van der Waals surface area contributed by atoms with Gasteiger partial charge in [-0.2, -0.15) is 0 Å². The van der Waals surface area contributed by atoms with Crippen molar-refractivity contribution in [3.05, 3.63) is 0 Å². The summed E-state index contributed by atoms with van der Waals surface area (Å²) >= 11 is -2.75. The van der Waals surface area contributed by atoms with Gasteiger partial charge in [0.2, 0.25) is 0 Å². The molecular formula is C7H6Sn. The molecule has 0 aromatic rings. The predicted octanol–water partition coefficient (Wildman–Crippen LogP) is 0.582. The Morgan fingerprint density at radius 3 is 1.25 bits per heavy atom. The van der Waals surface area contributed by atoms with E-state index in [2.05, 4.69) is 11.8 Å². The minimum absolute atomic E-state index is 1.86. The van der Waals surface area contributed by atoms with Crippen LogP contribution >= 0.6 is 0 Å².